The highest BCUT2D eigenvalue weighted by molar-refractivity contribution is 6.30. The quantitative estimate of drug-likeness (QED) is 0.867. The highest BCUT2D eigenvalue weighted by atomic mass is 35.5. The number of anilines is 1. The number of para-hydroxylation sites is 1. The largest absolute Gasteiger partial charge is 0.325 e. The van der Waals surface area contributed by atoms with Gasteiger partial charge >= 0.3 is 0 Å². The van der Waals surface area contributed by atoms with E-state index in [2.05, 4.69) is 5.32 Å². The molecule has 0 aliphatic heterocycles. The van der Waals surface area contributed by atoms with Crippen LogP contribution in [0.5, 0.6) is 0 Å². The van der Waals surface area contributed by atoms with Gasteiger partial charge in [-0.05, 0) is 42.7 Å². The number of benzene rings is 2. The summed E-state index contributed by atoms with van der Waals surface area (Å²) in [7, 11) is 0. The minimum Gasteiger partial charge on any atom is -0.325 e. The lowest BCUT2D eigenvalue weighted by molar-refractivity contribution is -0.121. The molecule has 0 heterocycles. The third-order valence-corrected chi connectivity index (χ3v) is 4.57. The van der Waals surface area contributed by atoms with Gasteiger partial charge in [-0.15, -0.1) is 0 Å². The Labute approximate surface area is 130 Å². The Morgan fingerprint density at radius 1 is 0.952 bits per heavy atom. The minimum absolute atomic E-state index is 0.0912. The number of nitrogens with one attached hydrogen (secondary N) is 1. The SMILES string of the molecule is O=C(Nc1ccccc1)C1(c2ccc(Cl)cc2)CCCC1. The van der Waals surface area contributed by atoms with Gasteiger partial charge in [-0.25, -0.2) is 0 Å². The molecule has 3 rings (SSSR count). The number of hydrogen-bond donors (Lipinski definition) is 1. The van der Waals surface area contributed by atoms with E-state index in [1.165, 1.54) is 0 Å². The van der Waals surface area contributed by atoms with E-state index < -0.39 is 5.41 Å². The summed E-state index contributed by atoms with van der Waals surface area (Å²) in [5, 5.41) is 3.77. The Morgan fingerprint density at radius 2 is 1.57 bits per heavy atom. The van der Waals surface area contributed by atoms with Crippen molar-refractivity contribution in [2.24, 2.45) is 0 Å². The van der Waals surface area contributed by atoms with E-state index >= 15 is 0 Å². The first kappa shape index (κ1) is 14.2. The summed E-state index contributed by atoms with van der Waals surface area (Å²) in [5.74, 6) is 0.0912. The fourth-order valence-corrected chi connectivity index (χ4v) is 3.29. The van der Waals surface area contributed by atoms with Crippen molar-refractivity contribution < 1.29 is 4.79 Å². The first-order valence-electron chi connectivity index (χ1n) is 7.33. The van der Waals surface area contributed by atoms with Gasteiger partial charge in [0.25, 0.3) is 0 Å². The summed E-state index contributed by atoms with van der Waals surface area (Å²) < 4.78 is 0. The number of hydrogen-bond acceptors (Lipinski definition) is 1. The Balaban J connectivity index is 1.90. The predicted octanol–water partition coefficient (Wildman–Crippen LogP) is 4.79. The molecule has 2 aromatic rings. The molecular weight excluding hydrogens is 282 g/mol. The summed E-state index contributed by atoms with van der Waals surface area (Å²) >= 11 is 5.97. The maximum absolute atomic E-state index is 12.9. The molecule has 0 saturated heterocycles. The smallest absolute Gasteiger partial charge is 0.235 e. The zero-order valence-corrected chi connectivity index (χ0v) is 12.6. The van der Waals surface area contributed by atoms with Crippen molar-refractivity contribution in [3.63, 3.8) is 0 Å². The average molecular weight is 300 g/mol. The molecule has 1 saturated carbocycles. The van der Waals surface area contributed by atoms with Crippen molar-refractivity contribution >= 4 is 23.2 Å². The molecule has 1 amide bonds. The second-order valence-corrected chi connectivity index (χ2v) is 6.05. The summed E-state index contributed by atoms with van der Waals surface area (Å²) in [6, 6.07) is 17.3. The van der Waals surface area contributed by atoms with Crippen LogP contribution in [0.3, 0.4) is 0 Å². The van der Waals surface area contributed by atoms with Gasteiger partial charge < -0.3 is 5.32 Å². The molecule has 0 bridgehead atoms. The molecule has 21 heavy (non-hydrogen) atoms. The van der Waals surface area contributed by atoms with Crippen LogP contribution in [0.15, 0.2) is 54.6 Å². The molecule has 2 aromatic carbocycles. The van der Waals surface area contributed by atoms with E-state index in [4.69, 9.17) is 11.6 Å². The standard InChI is InChI=1S/C18H18ClNO/c19-15-10-8-14(9-11-15)18(12-4-5-13-18)17(21)20-16-6-2-1-3-7-16/h1-3,6-11H,4-5,12-13H2,(H,20,21). The van der Waals surface area contributed by atoms with Gasteiger partial charge in [0.15, 0.2) is 0 Å². The molecule has 1 N–H and O–H groups in total. The van der Waals surface area contributed by atoms with Crippen molar-refractivity contribution in [1.82, 2.24) is 0 Å². The fourth-order valence-electron chi connectivity index (χ4n) is 3.17. The van der Waals surface area contributed by atoms with Gasteiger partial charge in [0.2, 0.25) is 5.91 Å². The van der Waals surface area contributed by atoms with Crippen molar-refractivity contribution in [2.75, 3.05) is 5.32 Å². The van der Waals surface area contributed by atoms with Crippen LogP contribution in [-0.4, -0.2) is 5.91 Å². The van der Waals surface area contributed by atoms with Crippen LogP contribution in [0.25, 0.3) is 0 Å². The van der Waals surface area contributed by atoms with Crippen molar-refractivity contribution in [2.45, 2.75) is 31.1 Å². The molecular formula is C18H18ClNO. The predicted molar refractivity (Wildman–Crippen MR) is 86.7 cm³/mol. The first-order chi connectivity index (χ1) is 10.2. The molecule has 0 aromatic heterocycles. The zero-order chi connectivity index (χ0) is 14.7. The van der Waals surface area contributed by atoms with Gasteiger partial charge in [-0.1, -0.05) is 54.8 Å². The number of halogens is 1. The molecule has 0 atom stereocenters. The lowest BCUT2D eigenvalue weighted by Crippen LogP contribution is -2.37. The Morgan fingerprint density at radius 3 is 2.19 bits per heavy atom. The van der Waals surface area contributed by atoms with Crippen LogP contribution < -0.4 is 5.32 Å². The van der Waals surface area contributed by atoms with Crippen LogP contribution in [0, 0.1) is 0 Å². The second kappa shape index (κ2) is 5.90. The molecule has 1 aliphatic carbocycles. The second-order valence-electron chi connectivity index (χ2n) is 5.62. The molecule has 1 fully saturated rings. The molecule has 0 radical (unpaired) electrons. The molecule has 1 aliphatic rings. The van der Waals surface area contributed by atoms with E-state index in [0.717, 1.165) is 36.9 Å². The lowest BCUT2D eigenvalue weighted by Gasteiger charge is -2.28. The normalized spacial score (nSPS) is 16.6. The van der Waals surface area contributed by atoms with Gasteiger partial charge in [0.1, 0.15) is 0 Å². The average Bonchev–Trinajstić information content (AvgIpc) is 3.00. The van der Waals surface area contributed by atoms with Crippen LogP contribution in [-0.2, 0) is 10.2 Å². The maximum atomic E-state index is 12.9. The lowest BCUT2D eigenvalue weighted by atomic mass is 9.78. The van der Waals surface area contributed by atoms with Gasteiger partial charge in [-0.2, -0.15) is 0 Å². The summed E-state index contributed by atoms with van der Waals surface area (Å²) in [6.07, 6.45) is 3.97. The summed E-state index contributed by atoms with van der Waals surface area (Å²) in [5.41, 5.74) is 1.50. The molecule has 0 spiro atoms. The van der Waals surface area contributed by atoms with E-state index in [-0.39, 0.29) is 5.91 Å². The summed E-state index contributed by atoms with van der Waals surface area (Å²) in [6.45, 7) is 0. The van der Waals surface area contributed by atoms with E-state index in [1.54, 1.807) is 0 Å². The minimum atomic E-state index is -0.416. The Bertz CT molecular complexity index is 615. The maximum Gasteiger partial charge on any atom is 0.235 e. The first-order valence-corrected chi connectivity index (χ1v) is 7.71. The fraction of sp³-hybridized carbons (Fsp3) is 0.278. The van der Waals surface area contributed by atoms with Crippen LogP contribution in [0.1, 0.15) is 31.2 Å². The third kappa shape index (κ3) is 2.81. The van der Waals surface area contributed by atoms with Crippen molar-refractivity contribution in [3.8, 4) is 0 Å². The monoisotopic (exact) mass is 299 g/mol. The number of carbonyl (C=O) groups excluding carboxylic acids is 1. The zero-order valence-electron chi connectivity index (χ0n) is 11.8. The van der Waals surface area contributed by atoms with Gasteiger partial charge in [0, 0.05) is 10.7 Å². The van der Waals surface area contributed by atoms with Crippen LogP contribution in [0.2, 0.25) is 5.02 Å². The van der Waals surface area contributed by atoms with Crippen LogP contribution >= 0.6 is 11.6 Å². The van der Waals surface area contributed by atoms with Crippen LogP contribution in [0.4, 0.5) is 5.69 Å². The number of carbonyl (C=O) groups is 1. The highest BCUT2D eigenvalue weighted by Gasteiger charge is 2.42. The molecule has 2 nitrogen and oxygen atoms in total. The number of amides is 1. The third-order valence-electron chi connectivity index (χ3n) is 4.32. The van der Waals surface area contributed by atoms with Crippen molar-refractivity contribution in [1.29, 1.82) is 0 Å². The molecule has 0 unspecified atom stereocenters. The summed E-state index contributed by atoms with van der Waals surface area (Å²) in [4.78, 5) is 12.9. The van der Waals surface area contributed by atoms with E-state index in [1.807, 2.05) is 54.6 Å². The van der Waals surface area contributed by atoms with E-state index in [0.29, 0.717) is 5.02 Å². The van der Waals surface area contributed by atoms with Gasteiger partial charge in [0.05, 0.1) is 5.41 Å². The van der Waals surface area contributed by atoms with Gasteiger partial charge in [-0.3, -0.25) is 4.79 Å². The van der Waals surface area contributed by atoms with Crippen molar-refractivity contribution in [3.05, 3.63) is 65.2 Å². The topological polar surface area (TPSA) is 29.1 Å². The Hall–Kier alpha value is -1.80. The highest BCUT2D eigenvalue weighted by Crippen LogP contribution is 2.42. The molecule has 108 valence electrons. The molecule has 3 heteroatoms. The van der Waals surface area contributed by atoms with E-state index in [9.17, 15) is 4.79 Å². The Kier molecular flexibility index (Phi) is 3.98. The number of rotatable bonds is 3.